The van der Waals surface area contributed by atoms with Crippen LogP contribution in [0.4, 0.5) is 5.69 Å². The molecular weight excluding hydrogens is 355 g/mol. The molecule has 1 aliphatic heterocycles. The number of rotatable bonds is 3. The largest absolute Gasteiger partial charge is 0.364 e. The maximum Gasteiger partial charge on any atom is 0.253 e. The lowest BCUT2D eigenvalue weighted by molar-refractivity contribution is -0.126. The second-order valence-electron chi connectivity index (χ2n) is 4.27. The number of nitrogens with two attached hydrogens (primary N) is 1. The molecule has 1 amide bonds. The number of halogens is 3. The van der Waals surface area contributed by atoms with Crippen molar-refractivity contribution in [3.8, 4) is 0 Å². The number of carbonyl (C=O) groups excluding carboxylic acids is 1. The molecule has 0 aliphatic carbocycles. The Morgan fingerprint density at radius 3 is 2.79 bits per heavy atom. The van der Waals surface area contributed by atoms with Gasteiger partial charge >= 0.3 is 0 Å². The molecule has 104 valence electrons. The Morgan fingerprint density at radius 1 is 1.42 bits per heavy atom. The zero-order valence-corrected chi connectivity index (χ0v) is 13.1. The fraction of sp³-hybridized carbons (Fsp3) is 0.417. The highest BCUT2D eigenvalue weighted by atomic mass is 79.9. The predicted octanol–water partition coefficient (Wildman–Crippen LogP) is 3.20. The summed E-state index contributed by atoms with van der Waals surface area (Å²) in [6, 6.07) is 3.41. The van der Waals surface area contributed by atoms with Gasteiger partial charge in [-0.1, -0.05) is 23.2 Å². The second kappa shape index (κ2) is 6.41. The molecule has 1 aromatic carbocycles. The SMILES string of the molecule is NCC1CCC(C(=O)Nc2ccc(Br)c(Cl)c2Cl)O1. The molecule has 2 atom stereocenters. The summed E-state index contributed by atoms with van der Waals surface area (Å²) in [6.45, 7) is 0.425. The van der Waals surface area contributed by atoms with E-state index in [1.165, 1.54) is 0 Å². The van der Waals surface area contributed by atoms with E-state index in [1.54, 1.807) is 12.1 Å². The highest BCUT2D eigenvalue weighted by Gasteiger charge is 2.30. The number of ether oxygens (including phenoxy) is 1. The lowest BCUT2D eigenvalue weighted by atomic mass is 10.2. The van der Waals surface area contributed by atoms with Gasteiger partial charge in [-0.15, -0.1) is 0 Å². The molecule has 0 saturated carbocycles. The minimum atomic E-state index is -0.480. The molecule has 0 aromatic heterocycles. The zero-order chi connectivity index (χ0) is 14.0. The molecule has 0 spiro atoms. The Kier molecular flexibility index (Phi) is 5.09. The highest BCUT2D eigenvalue weighted by Crippen LogP contribution is 2.36. The topological polar surface area (TPSA) is 64.4 Å². The van der Waals surface area contributed by atoms with Crippen molar-refractivity contribution in [1.29, 1.82) is 0 Å². The van der Waals surface area contributed by atoms with Crippen molar-refractivity contribution < 1.29 is 9.53 Å². The normalized spacial score (nSPS) is 22.5. The van der Waals surface area contributed by atoms with Gasteiger partial charge in [-0.3, -0.25) is 4.79 Å². The number of amides is 1. The van der Waals surface area contributed by atoms with E-state index in [2.05, 4.69) is 21.2 Å². The van der Waals surface area contributed by atoms with E-state index in [1.807, 2.05) is 0 Å². The van der Waals surface area contributed by atoms with Crippen molar-refractivity contribution in [1.82, 2.24) is 0 Å². The fourth-order valence-electron chi connectivity index (χ4n) is 1.91. The van der Waals surface area contributed by atoms with Crippen LogP contribution in [0.2, 0.25) is 10.0 Å². The van der Waals surface area contributed by atoms with Crippen LogP contribution in [-0.2, 0) is 9.53 Å². The first kappa shape index (κ1) is 15.1. The summed E-state index contributed by atoms with van der Waals surface area (Å²) in [7, 11) is 0. The third-order valence-corrected chi connectivity index (χ3v) is 4.73. The maximum absolute atomic E-state index is 12.0. The summed E-state index contributed by atoms with van der Waals surface area (Å²) in [4.78, 5) is 12.0. The van der Waals surface area contributed by atoms with Crippen molar-refractivity contribution in [2.75, 3.05) is 11.9 Å². The molecule has 1 heterocycles. The van der Waals surface area contributed by atoms with Crippen molar-refractivity contribution >= 4 is 50.7 Å². The molecule has 1 aliphatic rings. The average Bonchev–Trinajstić information content (AvgIpc) is 2.88. The van der Waals surface area contributed by atoms with E-state index in [4.69, 9.17) is 33.7 Å². The van der Waals surface area contributed by atoms with Gasteiger partial charge in [-0.05, 0) is 40.9 Å². The molecule has 19 heavy (non-hydrogen) atoms. The highest BCUT2D eigenvalue weighted by molar-refractivity contribution is 9.10. The van der Waals surface area contributed by atoms with Crippen molar-refractivity contribution in [2.45, 2.75) is 25.0 Å². The van der Waals surface area contributed by atoms with Crippen LogP contribution in [0.15, 0.2) is 16.6 Å². The molecule has 4 nitrogen and oxygen atoms in total. The number of hydrogen-bond acceptors (Lipinski definition) is 3. The van der Waals surface area contributed by atoms with Crippen LogP contribution in [0.25, 0.3) is 0 Å². The smallest absolute Gasteiger partial charge is 0.253 e. The number of carbonyl (C=O) groups is 1. The standard InChI is InChI=1S/C12H13BrCl2N2O2/c13-7-2-3-8(11(15)10(7)14)17-12(18)9-4-1-6(5-16)19-9/h2-3,6,9H,1,4-5,16H2,(H,17,18). The molecule has 1 fully saturated rings. The van der Waals surface area contributed by atoms with Gasteiger partial charge in [0, 0.05) is 11.0 Å². The second-order valence-corrected chi connectivity index (χ2v) is 5.88. The lowest BCUT2D eigenvalue weighted by Crippen LogP contribution is -2.29. The number of hydrogen-bond donors (Lipinski definition) is 2. The molecule has 0 radical (unpaired) electrons. The monoisotopic (exact) mass is 366 g/mol. The van der Waals surface area contributed by atoms with Gasteiger partial charge in [0.1, 0.15) is 6.10 Å². The summed E-state index contributed by atoms with van der Waals surface area (Å²) >= 11 is 15.3. The lowest BCUT2D eigenvalue weighted by Gasteiger charge is -2.14. The number of anilines is 1. The van der Waals surface area contributed by atoms with Crippen LogP contribution >= 0.6 is 39.1 Å². The maximum atomic E-state index is 12.0. The molecule has 1 aromatic rings. The van der Waals surface area contributed by atoms with Gasteiger partial charge < -0.3 is 15.8 Å². The summed E-state index contributed by atoms with van der Waals surface area (Å²) in [5.74, 6) is -0.226. The van der Waals surface area contributed by atoms with E-state index in [0.29, 0.717) is 33.2 Å². The Morgan fingerprint density at radius 2 is 2.16 bits per heavy atom. The van der Waals surface area contributed by atoms with Gasteiger partial charge in [0.05, 0.1) is 21.8 Å². The first-order valence-electron chi connectivity index (χ1n) is 5.82. The van der Waals surface area contributed by atoms with Crippen molar-refractivity contribution in [2.24, 2.45) is 5.73 Å². The van der Waals surface area contributed by atoms with E-state index in [9.17, 15) is 4.79 Å². The third kappa shape index (κ3) is 3.41. The van der Waals surface area contributed by atoms with E-state index >= 15 is 0 Å². The van der Waals surface area contributed by atoms with Crippen LogP contribution < -0.4 is 11.1 Å². The van der Waals surface area contributed by atoms with Crippen molar-refractivity contribution in [3.05, 3.63) is 26.7 Å². The molecule has 7 heteroatoms. The molecule has 3 N–H and O–H groups in total. The van der Waals surface area contributed by atoms with Crippen molar-refractivity contribution in [3.63, 3.8) is 0 Å². The van der Waals surface area contributed by atoms with Crippen LogP contribution in [0.3, 0.4) is 0 Å². The Bertz CT molecular complexity index is 499. The van der Waals surface area contributed by atoms with Gasteiger partial charge in [-0.2, -0.15) is 0 Å². The Labute approximate surface area is 129 Å². The number of nitrogens with one attached hydrogen (secondary N) is 1. The van der Waals surface area contributed by atoms with Gasteiger partial charge in [0.25, 0.3) is 5.91 Å². The van der Waals surface area contributed by atoms with E-state index in [-0.39, 0.29) is 12.0 Å². The summed E-state index contributed by atoms with van der Waals surface area (Å²) in [6.07, 6.45) is 0.936. The molecular formula is C12H13BrCl2N2O2. The van der Waals surface area contributed by atoms with E-state index in [0.717, 1.165) is 6.42 Å². The predicted molar refractivity (Wildman–Crippen MR) is 79.7 cm³/mol. The van der Waals surface area contributed by atoms with Crippen LogP contribution in [0.5, 0.6) is 0 Å². The minimum absolute atomic E-state index is 0.0419. The molecule has 0 bridgehead atoms. The first-order valence-corrected chi connectivity index (χ1v) is 7.37. The molecule has 2 unspecified atom stereocenters. The first-order chi connectivity index (χ1) is 9.02. The van der Waals surface area contributed by atoms with Crippen LogP contribution in [0, 0.1) is 0 Å². The summed E-state index contributed by atoms with van der Waals surface area (Å²) < 4.78 is 6.19. The fourth-order valence-corrected chi connectivity index (χ4v) is 2.73. The minimum Gasteiger partial charge on any atom is -0.364 e. The van der Waals surface area contributed by atoms with Crippen LogP contribution in [-0.4, -0.2) is 24.7 Å². The van der Waals surface area contributed by atoms with E-state index < -0.39 is 6.10 Å². The summed E-state index contributed by atoms with van der Waals surface area (Å²) in [5, 5.41) is 3.39. The number of benzene rings is 1. The van der Waals surface area contributed by atoms with Gasteiger partial charge in [-0.25, -0.2) is 0 Å². The third-order valence-electron chi connectivity index (χ3n) is 2.96. The Hall–Kier alpha value is -0.330. The van der Waals surface area contributed by atoms with Gasteiger partial charge in [0.15, 0.2) is 0 Å². The quantitative estimate of drug-likeness (QED) is 0.806. The molecule has 1 saturated heterocycles. The van der Waals surface area contributed by atoms with Gasteiger partial charge in [0.2, 0.25) is 0 Å². The summed E-state index contributed by atoms with van der Waals surface area (Å²) in [5.41, 5.74) is 5.98. The molecule has 2 rings (SSSR count). The average molecular weight is 368 g/mol. The van der Waals surface area contributed by atoms with Crippen LogP contribution in [0.1, 0.15) is 12.8 Å². The zero-order valence-electron chi connectivity index (χ0n) is 9.96. The Balaban J connectivity index is 2.06.